The number of hydrogen-bond acceptors (Lipinski definition) is 5. The van der Waals surface area contributed by atoms with E-state index in [0.29, 0.717) is 17.7 Å². The summed E-state index contributed by atoms with van der Waals surface area (Å²) in [6.07, 6.45) is 7.32. The van der Waals surface area contributed by atoms with Crippen LogP contribution in [-0.2, 0) is 7.05 Å². The van der Waals surface area contributed by atoms with Crippen molar-refractivity contribution >= 4 is 11.3 Å². The Labute approximate surface area is 209 Å². The summed E-state index contributed by atoms with van der Waals surface area (Å²) in [7, 11) is 1.88. The smallest absolute Gasteiger partial charge is 0.188 e. The number of fused-ring (bicyclic) bond motifs is 1. The molecular formula is C29H26N6O. The Morgan fingerprint density at radius 2 is 1.72 bits per heavy atom. The summed E-state index contributed by atoms with van der Waals surface area (Å²) in [4.78, 5) is 13.8. The second-order valence-corrected chi connectivity index (χ2v) is 8.96. The van der Waals surface area contributed by atoms with Gasteiger partial charge in [-0.1, -0.05) is 55.5 Å². The molecule has 0 unspecified atom stereocenters. The van der Waals surface area contributed by atoms with E-state index in [1.54, 1.807) is 21.6 Å². The van der Waals surface area contributed by atoms with E-state index in [1.807, 2.05) is 86.2 Å². The molecule has 0 amide bonds. The van der Waals surface area contributed by atoms with Gasteiger partial charge in [0.25, 0.3) is 0 Å². The fourth-order valence-electron chi connectivity index (χ4n) is 4.38. The molecule has 0 fully saturated rings. The Bertz CT molecular complexity index is 1540. The SMILES string of the molecule is C[C@@H](CN[C@H](C(=O)c1cnn2cc(-c3cnn(C)c3)ccc12)c1ccccc1)c1ccc(C#N)cc1. The highest BCUT2D eigenvalue weighted by molar-refractivity contribution is 6.06. The molecule has 0 radical (unpaired) electrons. The predicted octanol–water partition coefficient (Wildman–Crippen LogP) is 4.92. The molecule has 2 atom stereocenters. The minimum absolute atomic E-state index is 0.0302. The molecule has 5 aromatic rings. The summed E-state index contributed by atoms with van der Waals surface area (Å²) < 4.78 is 3.50. The summed E-state index contributed by atoms with van der Waals surface area (Å²) in [6.45, 7) is 2.71. The zero-order valence-electron chi connectivity index (χ0n) is 20.2. The van der Waals surface area contributed by atoms with Gasteiger partial charge in [-0.3, -0.25) is 9.48 Å². The zero-order valence-corrected chi connectivity index (χ0v) is 20.2. The van der Waals surface area contributed by atoms with Crippen LogP contribution in [0.1, 0.15) is 45.9 Å². The second kappa shape index (κ2) is 9.98. The number of pyridine rings is 1. The van der Waals surface area contributed by atoms with E-state index in [9.17, 15) is 4.79 Å². The number of carbonyl (C=O) groups is 1. The van der Waals surface area contributed by atoms with Gasteiger partial charge in [-0.25, -0.2) is 4.52 Å². The maximum atomic E-state index is 13.8. The number of nitrogens with one attached hydrogen (secondary N) is 1. The van der Waals surface area contributed by atoms with E-state index >= 15 is 0 Å². The highest BCUT2D eigenvalue weighted by Gasteiger charge is 2.25. The first kappa shape index (κ1) is 23.2. The van der Waals surface area contributed by atoms with Crippen molar-refractivity contribution in [1.82, 2.24) is 24.7 Å². The first-order valence-corrected chi connectivity index (χ1v) is 11.8. The molecular weight excluding hydrogens is 448 g/mol. The van der Waals surface area contributed by atoms with E-state index in [1.165, 1.54) is 0 Å². The third-order valence-electron chi connectivity index (χ3n) is 6.45. The number of nitrogens with zero attached hydrogens (tertiary/aromatic N) is 5. The molecule has 0 aliphatic heterocycles. The van der Waals surface area contributed by atoms with Crippen LogP contribution in [0.2, 0.25) is 0 Å². The Morgan fingerprint density at radius 3 is 2.42 bits per heavy atom. The van der Waals surface area contributed by atoms with Gasteiger partial charge in [-0.15, -0.1) is 0 Å². The zero-order chi connectivity index (χ0) is 25.1. The van der Waals surface area contributed by atoms with Crippen LogP contribution in [0.15, 0.2) is 91.5 Å². The van der Waals surface area contributed by atoms with Crippen molar-refractivity contribution in [3.8, 4) is 17.2 Å². The van der Waals surface area contributed by atoms with E-state index in [2.05, 4.69) is 28.5 Å². The van der Waals surface area contributed by atoms with Crippen LogP contribution in [0.4, 0.5) is 0 Å². The van der Waals surface area contributed by atoms with Crippen LogP contribution in [0.25, 0.3) is 16.6 Å². The normalized spacial score (nSPS) is 12.8. The third kappa shape index (κ3) is 4.67. The fraction of sp³-hybridized carbons (Fsp3) is 0.172. The topological polar surface area (TPSA) is 88.0 Å². The van der Waals surface area contributed by atoms with E-state index in [0.717, 1.165) is 27.8 Å². The molecule has 178 valence electrons. The lowest BCUT2D eigenvalue weighted by Crippen LogP contribution is -2.31. The van der Waals surface area contributed by atoms with Crippen LogP contribution >= 0.6 is 0 Å². The van der Waals surface area contributed by atoms with Crippen molar-refractivity contribution in [2.24, 2.45) is 7.05 Å². The number of carbonyl (C=O) groups excluding carboxylic acids is 1. The van der Waals surface area contributed by atoms with Crippen molar-refractivity contribution in [3.05, 3.63) is 114 Å². The number of nitriles is 1. The maximum Gasteiger partial charge on any atom is 0.188 e. The molecule has 7 nitrogen and oxygen atoms in total. The number of benzene rings is 2. The highest BCUT2D eigenvalue weighted by atomic mass is 16.1. The molecule has 3 heterocycles. The number of aromatic nitrogens is 4. The molecule has 0 aliphatic rings. The first-order chi connectivity index (χ1) is 17.5. The molecule has 0 spiro atoms. The van der Waals surface area contributed by atoms with Gasteiger partial charge in [0.2, 0.25) is 0 Å². The standard InChI is InChI=1S/C29H26N6O/c1-20(22-10-8-21(14-30)9-11-22)15-31-28(23-6-4-3-5-7-23)29(36)26-17-33-35-19-24(12-13-27(26)35)25-16-32-34(2)18-25/h3-13,16-20,28,31H,15H2,1-2H3/t20-,28-/m0/s1. The lowest BCUT2D eigenvalue weighted by atomic mass is 9.95. The highest BCUT2D eigenvalue weighted by Crippen LogP contribution is 2.25. The number of rotatable bonds is 8. The summed E-state index contributed by atoms with van der Waals surface area (Å²) >= 11 is 0. The van der Waals surface area contributed by atoms with Gasteiger partial charge < -0.3 is 5.32 Å². The van der Waals surface area contributed by atoms with Crippen molar-refractivity contribution in [1.29, 1.82) is 5.26 Å². The molecule has 0 bridgehead atoms. The Morgan fingerprint density at radius 1 is 0.944 bits per heavy atom. The molecule has 3 aromatic heterocycles. The second-order valence-electron chi connectivity index (χ2n) is 8.96. The van der Waals surface area contributed by atoms with Crippen molar-refractivity contribution in [2.45, 2.75) is 18.9 Å². The number of aryl methyl sites for hydroxylation is 1. The van der Waals surface area contributed by atoms with Crippen LogP contribution in [0.5, 0.6) is 0 Å². The quantitative estimate of drug-likeness (QED) is 0.322. The first-order valence-electron chi connectivity index (χ1n) is 11.8. The van der Waals surface area contributed by atoms with Crippen LogP contribution in [0, 0.1) is 11.3 Å². The Hall–Kier alpha value is -4.54. The van der Waals surface area contributed by atoms with Crippen LogP contribution in [-0.4, -0.2) is 31.7 Å². The lowest BCUT2D eigenvalue weighted by Gasteiger charge is -2.21. The van der Waals surface area contributed by atoms with Gasteiger partial charge in [-0.05, 0) is 35.2 Å². The van der Waals surface area contributed by atoms with Gasteiger partial charge in [0.05, 0.1) is 41.1 Å². The van der Waals surface area contributed by atoms with Crippen molar-refractivity contribution < 1.29 is 4.79 Å². The number of Topliss-reactive ketones (excluding diaryl/α,β-unsaturated/α-hetero) is 1. The Kier molecular flexibility index (Phi) is 6.44. The minimum atomic E-state index is -0.516. The average Bonchev–Trinajstić information content (AvgIpc) is 3.55. The molecule has 0 aliphatic carbocycles. The molecule has 0 saturated carbocycles. The average molecular weight is 475 g/mol. The van der Waals surface area contributed by atoms with Gasteiger partial charge in [0, 0.05) is 37.1 Å². The van der Waals surface area contributed by atoms with E-state index in [-0.39, 0.29) is 11.7 Å². The number of ketones is 1. The number of hydrogen-bond donors (Lipinski definition) is 1. The van der Waals surface area contributed by atoms with Gasteiger partial charge >= 0.3 is 0 Å². The lowest BCUT2D eigenvalue weighted by molar-refractivity contribution is 0.0944. The molecule has 7 heteroatoms. The van der Waals surface area contributed by atoms with E-state index < -0.39 is 6.04 Å². The largest absolute Gasteiger partial charge is 0.303 e. The monoisotopic (exact) mass is 474 g/mol. The van der Waals surface area contributed by atoms with Crippen LogP contribution in [0.3, 0.4) is 0 Å². The molecule has 2 aromatic carbocycles. The third-order valence-corrected chi connectivity index (χ3v) is 6.45. The Balaban J connectivity index is 1.41. The molecule has 0 saturated heterocycles. The molecule has 5 rings (SSSR count). The van der Waals surface area contributed by atoms with Gasteiger partial charge in [0.15, 0.2) is 5.78 Å². The van der Waals surface area contributed by atoms with Gasteiger partial charge in [0.1, 0.15) is 0 Å². The molecule has 36 heavy (non-hydrogen) atoms. The summed E-state index contributed by atoms with van der Waals surface area (Å²) in [5.41, 5.74) is 5.95. The maximum absolute atomic E-state index is 13.8. The van der Waals surface area contributed by atoms with Crippen molar-refractivity contribution in [3.63, 3.8) is 0 Å². The fourth-order valence-corrected chi connectivity index (χ4v) is 4.38. The van der Waals surface area contributed by atoms with Crippen molar-refractivity contribution in [2.75, 3.05) is 6.54 Å². The predicted molar refractivity (Wildman–Crippen MR) is 138 cm³/mol. The van der Waals surface area contributed by atoms with E-state index in [4.69, 9.17) is 5.26 Å². The minimum Gasteiger partial charge on any atom is -0.303 e. The van der Waals surface area contributed by atoms with Crippen LogP contribution < -0.4 is 5.32 Å². The molecule has 1 N–H and O–H groups in total. The summed E-state index contributed by atoms with van der Waals surface area (Å²) in [5.74, 6) is 0.125. The van der Waals surface area contributed by atoms with Gasteiger partial charge in [-0.2, -0.15) is 15.5 Å². The summed E-state index contributed by atoms with van der Waals surface area (Å²) in [5, 5.41) is 21.3. The summed E-state index contributed by atoms with van der Waals surface area (Å²) in [6, 6.07) is 22.9.